The van der Waals surface area contributed by atoms with E-state index in [2.05, 4.69) is 9.97 Å². The molecule has 1 aliphatic heterocycles. The number of aromatic nitrogens is 2. The smallest absolute Gasteiger partial charge is 0.228 e. The van der Waals surface area contributed by atoms with Crippen LogP contribution >= 0.6 is 0 Å². The van der Waals surface area contributed by atoms with Crippen LogP contribution in [0.5, 0.6) is 11.6 Å². The maximum absolute atomic E-state index is 13.2. The molecule has 1 aromatic heterocycles. The number of hydrogen-bond donors (Lipinski definition) is 0. The minimum Gasteiger partial charge on any atom is -0.439 e. The molecule has 144 valence electrons. The summed E-state index contributed by atoms with van der Waals surface area (Å²) in [6, 6.07) is 13.7. The molecule has 2 aromatic carbocycles. The Morgan fingerprint density at radius 3 is 2.36 bits per heavy atom. The minimum absolute atomic E-state index is 0.0472. The van der Waals surface area contributed by atoms with Gasteiger partial charge < -0.3 is 14.4 Å². The van der Waals surface area contributed by atoms with Gasteiger partial charge in [-0.15, -0.1) is 0 Å². The van der Waals surface area contributed by atoms with E-state index in [1.165, 1.54) is 24.3 Å². The molecule has 0 radical (unpaired) electrons. The summed E-state index contributed by atoms with van der Waals surface area (Å²) in [5.74, 6) is 0.768. The summed E-state index contributed by atoms with van der Waals surface area (Å²) in [4.78, 5) is 10.8. The molecular formula is C21H19F2N3O2. The minimum atomic E-state index is -0.329. The number of nitrogens with zero attached hydrogens (tertiary/aromatic N) is 3. The fourth-order valence-corrected chi connectivity index (χ4v) is 3.14. The molecule has 28 heavy (non-hydrogen) atoms. The lowest BCUT2D eigenvalue weighted by molar-refractivity contribution is -0.0179. The van der Waals surface area contributed by atoms with Crippen molar-refractivity contribution < 1.29 is 18.3 Å². The van der Waals surface area contributed by atoms with Crippen molar-refractivity contribution in [3.05, 3.63) is 78.0 Å². The lowest BCUT2D eigenvalue weighted by atomic mass is 10.1. The largest absolute Gasteiger partial charge is 0.439 e. The standard InChI is InChI=1S/C21H19F2N3O2/c1-14-12-26(13-19(27-14)15-2-4-16(22)5-3-15)21-24-11-10-20(25-21)28-18-8-6-17(23)7-9-18/h2-11,14,19H,12-13H2,1H3. The molecule has 0 amide bonds. The Kier molecular flexibility index (Phi) is 5.16. The van der Waals surface area contributed by atoms with Gasteiger partial charge in [-0.05, 0) is 48.9 Å². The lowest BCUT2D eigenvalue weighted by Crippen LogP contribution is -2.43. The van der Waals surface area contributed by atoms with Gasteiger partial charge in [0.15, 0.2) is 0 Å². The molecule has 0 saturated carbocycles. The number of halogens is 2. The van der Waals surface area contributed by atoms with Crippen LogP contribution in [0.4, 0.5) is 14.7 Å². The SMILES string of the molecule is CC1CN(c2nccc(Oc3ccc(F)cc3)n2)CC(c2ccc(F)cc2)O1. The van der Waals surface area contributed by atoms with Gasteiger partial charge in [0.25, 0.3) is 0 Å². The summed E-state index contributed by atoms with van der Waals surface area (Å²) in [5.41, 5.74) is 0.900. The first kappa shape index (κ1) is 18.3. The normalized spacial score (nSPS) is 19.5. The van der Waals surface area contributed by atoms with Crippen molar-refractivity contribution in [2.45, 2.75) is 19.1 Å². The Hall–Kier alpha value is -3.06. The van der Waals surface area contributed by atoms with Gasteiger partial charge in [-0.3, -0.25) is 0 Å². The summed E-state index contributed by atoms with van der Waals surface area (Å²) < 4.78 is 38.0. The van der Waals surface area contributed by atoms with Crippen molar-refractivity contribution in [3.63, 3.8) is 0 Å². The van der Waals surface area contributed by atoms with Gasteiger partial charge in [0.1, 0.15) is 23.5 Å². The van der Waals surface area contributed by atoms with Crippen molar-refractivity contribution >= 4 is 5.95 Å². The van der Waals surface area contributed by atoms with E-state index in [9.17, 15) is 8.78 Å². The number of benzene rings is 2. The third kappa shape index (κ3) is 4.26. The number of rotatable bonds is 4. The van der Waals surface area contributed by atoms with Gasteiger partial charge in [-0.1, -0.05) is 12.1 Å². The molecule has 4 rings (SSSR count). The molecule has 1 aliphatic rings. The van der Waals surface area contributed by atoms with Crippen molar-refractivity contribution in [2.75, 3.05) is 18.0 Å². The van der Waals surface area contributed by atoms with Crippen LogP contribution in [0.25, 0.3) is 0 Å². The van der Waals surface area contributed by atoms with Crippen LogP contribution in [0.2, 0.25) is 0 Å². The molecule has 0 spiro atoms. The van der Waals surface area contributed by atoms with Gasteiger partial charge in [-0.25, -0.2) is 13.8 Å². The van der Waals surface area contributed by atoms with Crippen LogP contribution in [-0.4, -0.2) is 29.2 Å². The first-order valence-electron chi connectivity index (χ1n) is 8.99. The van der Waals surface area contributed by atoms with Gasteiger partial charge in [-0.2, -0.15) is 4.98 Å². The lowest BCUT2D eigenvalue weighted by Gasteiger charge is -2.37. The second-order valence-corrected chi connectivity index (χ2v) is 6.64. The quantitative estimate of drug-likeness (QED) is 0.663. The Balaban J connectivity index is 1.52. The van der Waals surface area contributed by atoms with E-state index in [0.717, 1.165) is 5.56 Å². The molecule has 0 aliphatic carbocycles. The highest BCUT2D eigenvalue weighted by Crippen LogP contribution is 2.28. The summed E-state index contributed by atoms with van der Waals surface area (Å²) in [6.07, 6.45) is 1.36. The third-order valence-corrected chi connectivity index (χ3v) is 4.44. The van der Waals surface area contributed by atoms with Crippen LogP contribution in [0.3, 0.4) is 0 Å². The molecule has 1 fully saturated rings. The van der Waals surface area contributed by atoms with Crippen molar-refractivity contribution in [1.29, 1.82) is 0 Å². The van der Waals surface area contributed by atoms with Crippen molar-refractivity contribution in [3.8, 4) is 11.6 Å². The van der Waals surface area contributed by atoms with E-state index < -0.39 is 0 Å². The van der Waals surface area contributed by atoms with Crippen molar-refractivity contribution in [1.82, 2.24) is 9.97 Å². The number of anilines is 1. The Bertz CT molecular complexity index is 935. The highest BCUT2D eigenvalue weighted by Gasteiger charge is 2.28. The van der Waals surface area contributed by atoms with Gasteiger partial charge >= 0.3 is 0 Å². The Labute approximate surface area is 161 Å². The molecular weight excluding hydrogens is 364 g/mol. The second kappa shape index (κ2) is 7.90. The maximum atomic E-state index is 13.2. The van der Waals surface area contributed by atoms with Crippen LogP contribution in [0.15, 0.2) is 60.8 Å². The second-order valence-electron chi connectivity index (χ2n) is 6.64. The Morgan fingerprint density at radius 1 is 0.964 bits per heavy atom. The first-order chi connectivity index (χ1) is 13.6. The monoisotopic (exact) mass is 383 g/mol. The van der Waals surface area contributed by atoms with E-state index in [1.807, 2.05) is 11.8 Å². The highest BCUT2D eigenvalue weighted by molar-refractivity contribution is 5.36. The molecule has 5 nitrogen and oxygen atoms in total. The number of morpholine rings is 1. The van der Waals surface area contributed by atoms with Gasteiger partial charge in [0, 0.05) is 18.8 Å². The predicted octanol–water partition coefficient (Wildman–Crippen LogP) is 4.51. The zero-order valence-electron chi connectivity index (χ0n) is 15.3. The summed E-state index contributed by atoms with van der Waals surface area (Å²) >= 11 is 0. The summed E-state index contributed by atoms with van der Waals surface area (Å²) in [7, 11) is 0. The maximum Gasteiger partial charge on any atom is 0.228 e. The van der Waals surface area contributed by atoms with E-state index in [0.29, 0.717) is 30.7 Å². The topological polar surface area (TPSA) is 47.5 Å². The van der Waals surface area contributed by atoms with Crippen LogP contribution in [-0.2, 0) is 4.74 Å². The van der Waals surface area contributed by atoms with E-state index in [1.54, 1.807) is 36.5 Å². The zero-order valence-corrected chi connectivity index (χ0v) is 15.3. The molecule has 1 saturated heterocycles. The molecule has 2 unspecified atom stereocenters. The molecule has 0 bridgehead atoms. The summed E-state index contributed by atoms with van der Waals surface area (Å²) in [5, 5.41) is 0. The third-order valence-electron chi connectivity index (χ3n) is 4.44. The van der Waals surface area contributed by atoms with E-state index >= 15 is 0 Å². The van der Waals surface area contributed by atoms with Gasteiger partial charge in [0.05, 0.1) is 12.6 Å². The fraction of sp³-hybridized carbons (Fsp3) is 0.238. The molecule has 0 N–H and O–H groups in total. The van der Waals surface area contributed by atoms with Crippen LogP contribution in [0, 0.1) is 11.6 Å². The highest BCUT2D eigenvalue weighted by atomic mass is 19.1. The molecule has 7 heteroatoms. The fourth-order valence-electron chi connectivity index (χ4n) is 3.14. The zero-order chi connectivity index (χ0) is 19.5. The average molecular weight is 383 g/mol. The van der Waals surface area contributed by atoms with Crippen molar-refractivity contribution in [2.24, 2.45) is 0 Å². The molecule has 3 aromatic rings. The van der Waals surface area contributed by atoms with Crippen LogP contribution < -0.4 is 9.64 Å². The Morgan fingerprint density at radius 2 is 1.64 bits per heavy atom. The predicted molar refractivity (Wildman–Crippen MR) is 100 cm³/mol. The van der Waals surface area contributed by atoms with E-state index in [4.69, 9.17) is 9.47 Å². The first-order valence-corrected chi connectivity index (χ1v) is 8.99. The average Bonchev–Trinajstić information content (AvgIpc) is 2.70. The van der Waals surface area contributed by atoms with Crippen LogP contribution in [0.1, 0.15) is 18.6 Å². The van der Waals surface area contributed by atoms with Gasteiger partial charge in [0.2, 0.25) is 11.8 Å². The summed E-state index contributed by atoms with van der Waals surface area (Å²) in [6.45, 7) is 3.13. The number of ether oxygens (including phenoxy) is 2. The molecule has 2 atom stereocenters. The molecule has 2 heterocycles. The number of hydrogen-bond acceptors (Lipinski definition) is 5. The van der Waals surface area contributed by atoms with E-state index in [-0.39, 0.29) is 23.8 Å².